The highest BCUT2D eigenvalue weighted by Gasteiger charge is 2.36. The summed E-state index contributed by atoms with van der Waals surface area (Å²) in [6, 6.07) is 0. The smallest absolute Gasteiger partial charge is 0.251 e. The zero-order valence-corrected chi connectivity index (χ0v) is 19.9. The number of carbonyl (C=O) groups is 2. The fraction of sp³-hybridized carbons (Fsp3) is 0.895. The Hall–Kier alpha value is -2.56. The van der Waals surface area contributed by atoms with Crippen molar-refractivity contribution < 1.29 is 49.0 Å². The molecule has 206 valence electrons. The summed E-state index contributed by atoms with van der Waals surface area (Å²) in [4.78, 5) is 29.1. The van der Waals surface area contributed by atoms with Crippen molar-refractivity contribution in [1.82, 2.24) is 5.32 Å². The van der Waals surface area contributed by atoms with Crippen molar-refractivity contribution in [2.24, 2.45) is 10.2 Å². The van der Waals surface area contributed by atoms with Crippen molar-refractivity contribution in [3.63, 3.8) is 0 Å². The lowest BCUT2D eigenvalue weighted by molar-refractivity contribution is -0.154. The number of nitrogens with zero attached hydrogens (tertiary/aromatic N) is 6. The van der Waals surface area contributed by atoms with Crippen LogP contribution in [0.25, 0.3) is 20.9 Å². The van der Waals surface area contributed by atoms with E-state index in [0.29, 0.717) is 0 Å². The second kappa shape index (κ2) is 22.9. The number of carbonyl (C=O) groups excluding carboxylic acids is 2. The highest BCUT2D eigenvalue weighted by atomic mass is 16.5. The number of ether oxygens (including phenoxy) is 4. The number of ketones is 1. The SMILES string of the molecule is [N-]=[N+]=NCCOCCOCCCC(=O)[C@@H](O)[C@H](O)[C@H](O)[C@@H](O)C(=O)NCCOCCOCCN=[N+]=[N-]. The molecule has 0 radical (unpaired) electrons. The third-order valence-electron chi connectivity index (χ3n) is 4.39. The lowest BCUT2D eigenvalue weighted by Gasteiger charge is -2.25. The van der Waals surface area contributed by atoms with Crippen LogP contribution in [0.3, 0.4) is 0 Å². The first kappa shape index (κ1) is 33.4. The zero-order chi connectivity index (χ0) is 27.0. The Bertz CT molecular complexity index is 646. The first-order valence-corrected chi connectivity index (χ1v) is 11.2. The molecular weight excluding hydrogens is 486 g/mol. The van der Waals surface area contributed by atoms with Crippen LogP contribution in [0.2, 0.25) is 0 Å². The molecule has 0 aromatic rings. The van der Waals surface area contributed by atoms with E-state index in [-0.39, 0.29) is 85.3 Å². The Balaban J connectivity index is 4.00. The maximum Gasteiger partial charge on any atom is 0.251 e. The predicted octanol–water partition coefficient (Wildman–Crippen LogP) is -1.42. The number of amides is 1. The summed E-state index contributed by atoms with van der Waals surface area (Å²) >= 11 is 0. The normalized spacial score (nSPS) is 14.1. The molecule has 0 aromatic heterocycles. The summed E-state index contributed by atoms with van der Waals surface area (Å²) in [6.07, 6.45) is -8.23. The van der Waals surface area contributed by atoms with Crippen LogP contribution in [0.4, 0.5) is 0 Å². The van der Waals surface area contributed by atoms with Gasteiger partial charge in [0.25, 0.3) is 5.91 Å². The quantitative estimate of drug-likeness (QED) is 0.0428. The van der Waals surface area contributed by atoms with Crippen molar-refractivity contribution in [3.05, 3.63) is 20.9 Å². The summed E-state index contributed by atoms with van der Waals surface area (Å²) in [5.74, 6) is -1.82. The van der Waals surface area contributed by atoms with Gasteiger partial charge in [-0.15, -0.1) is 0 Å². The van der Waals surface area contributed by atoms with Gasteiger partial charge in [-0.05, 0) is 17.5 Å². The van der Waals surface area contributed by atoms with E-state index in [9.17, 15) is 30.0 Å². The van der Waals surface area contributed by atoms with Gasteiger partial charge >= 0.3 is 0 Å². The maximum absolute atomic E-state index is 12.0. The first-order valence-electron chi connectivity index (χ1n) is 11.2. The van der Waals surface area contributed by atoms with Gasteiger partial charge in [0.1, 0.15) is 18.3 Å². The van der Waals surface area contributed by atoms with E-state index >= 15 is 0 Å². The Morgan fingerprint density at radius 2 is 1.19 bits per heavy atom. The van der Waals surface area contributed by atoms with E-state index in [4.69, 9.17) is 30.0 Å². The summed E-state index contributed by atoms with van der Waals surface area (Å²) in [5, 5.41) is 48.7. The lowest BCUT2D eigenvalue weighted by Crippen LogP contribution is -2.52. The van der Waals surface area contributed by atoms with Gasteiger partial charge in [-0.1, -0.05) is 10.2 Å². The van der Waals surface area contributed by atoms with Crippen LogP contribution in [0.15, 0.2) is 10.2 Å². The van der Waals surface area contributed by atoms with Crippen LogP contribution in [-0.4, -0.2) is 129 Å². The monoisotopic (exact) mass is 521 g/mol. The average molecular weight is 522 g/mol. The highest BCUT2D eigenvalue weighted by molar-refractivity contribution is 5.84. The molecule has 5 N–H and O–H groups in total. The Labute approximate surface area is 207 Å². The third-order valence-corrected chi connectivity index (χ3v) is 4.39. The van der Waals surface area contributed by atoms with Crippen LogP contribution in [0, 0.1) is 0 Å². The standard InChI is InChI=1S/C19H35N7O10/c20-25-23-4-8-35-11-10-33-6-1-2-14(27)15(28)16(29)17(30)18(31)19(32)22-3-7-34-12-13-36-9-5-24-26-21/h15-18,28-31H,1-13H2,(H,22,32)/t15-,16+,17+,18-/m1/s1. The molecule has 1 amide bonds. The second-order valence-corrected chi connectivity index (χ2v) is 7.09. The summed E-state index contributed by atoms with van der Waals surface area (Å²) < 4.78 is 20.7. The number of hydrogen-bond donors (Lipinski definition) is 5. The van der Waals surface area contributed by atoms with Gasteiger partial charge in [0, 0.05) is 42.5 Å². The van der Waals surface area contributed by atoms with Gasteiger partial charge in [-0.2, -0.15) is 0 Å². The molecule has 0 aliphatic rings. The van der Waals surface area contributed by atoms with Crippen molar-refractivity contribution in [2.45, 2.75) is 37.3 Å². The Morgan fingerprint density at radius 1 is 0.722 bits per heavy atom. The molecule has 0 rings (SSSR count). The van der Waals surface area contributed by atoms with Crippen molar-refractivity contribution in [3.8, 4) is 0 Å². The number of Topliss-reactive ketones (excluding diaryl/α,β-unsaturated/α-hetero) is 1. The van der Waals surface area contributed by atoms with Gasteiger partial charge in [-0.3, -0.25) is 9.59 Å². The molecule has 0 spiro atoms. The van der Waals surface area contributed by atoms with Crippen molar-refractivity contribution >= 4 is 11.7 Å². The lowest BCUT2D eigenvalue weighted by atomic mass is 9.97. The van der Waals surface area contributed by atoms with Crippen LogP contribution in [-0.2, 0) is 28.5 Å². The number of nitrogens with one attached hydrogen (secondary N) is 1. The summed E-state index contributed by atoms with van der Waals surface area (Å²) in [5.41, 5.74) is 16.2. The Kier molecular flexibility index (Phi) is 21.2. The Morgan fingerprint density at radius 3 is 1.72 bits per heavy atom. The van der Waals surface area contributed by atoms with Gasteiger partial charge in [0.2, 0.25) is 0 Å². The molecule has 0 heterocycles. The largest absolute Gasteiger partial charge is 0.387 e. The molecule has 17 heteroatoms. The van der Waals surface area contributed by atoms with Gasteiger partial charge in [0.15, 0.2) is 11.9 Å². The molecular formula is C19H35N7O10. The molecule has 0 fully saturated rings. The maximum atomic E-state index is 12.0. The van der Waals surface area contributed by atoms with E-state index in [1.54, 1.807) is 0 Å². The van der Waals surface area contributed by atoms with Crippen molar-refractivity contribution in [2.75, 3.05) is 72.5 Å². The number of azide groups is 2. The fourth-order valence-electron chi connectivity index (χ4n) is 2.51. The van der Waals surface area contributed by atoms with E-state index < -0.39 is 36.1 Å². The zero-order valence-electron chi connectivity index (χ0n) is 19.9. The van der Waals surface area contributed by atoms with Crippen LogP contribution < -0.4 is 5.32 Å². The molecule has 17 nitrogen and oxygen atoms in total. The van der Waals surface area contributed by atoms with Crippen LogP contribution in [0.1, 0.15) is 12.8 Å². The number of hydrogen-bond acceptors (Lipinski definition) is 12. The molecule has 0 aromatic carbocycles. The average Bonchev–Trinajstić information content (AvgIpc) is 2.88. The predicted molar refractivity (Wildman–Crippen MR) is 123 cm³/mol. The fourth-order valence-corrected chi connectivity index (χ4v) is 2.51. The minimum absolute atomic E-state index is 0.0161. The number of aliphatic hydroxyl groups excluding tert-OH is 4. The molecule has 0 bridgehead atoms. The van der Waals surface area contributed by atoms with E-state index in [2.05, 4.69) is 25.4 Å². The van der Waals surface area contributed by atoms with Gasteiger partial charge < -0.3 is 44.7 Å². The first-order chi connectivity index (χ1) is 17.4. The minimum atomic E-state index is -2.10. The molecule has 0 saturated heterocycles. The molecule has 0 unspecified atom stereocenters. The van der Waals surface area contributed by atoms with E-state index in [0.717, 1.165) is 0 Å². The molecule has 36 heavy (non-hydrogen) atoms. The third kappa shape index (κ3) is 17.0. The van der Waals surface area contributed by atoms with E-state index in [1.807, 2.05) is 0 Å². The molecule has 0 saturated carbocycles. The van der Waals surface area contributed by atoms with E-state index in [1.165, 1.54) is 0 Å². The number of rotatable bonds is 24. The van der Waals surface area contributed by atoms with Gasteiger partial charge in [-0.25, -0.2) is 0 Å². The van der Waals surface area contributed by atoms with Crippen LogP contribution >= 0.6 is 0 Å². The molecule has 0 aliphatic heterocycles. The highest BCUT2D eigenvalue weighted by Crippen LogP contribution is 2.09. The van der Waals surface area contributed by atoms with Crippen molar-refractivity contribution in [1.29, 1.82) is 0 Å². The van der Waals surface area contributed by atoms with Crippen LogP contribution in [0.5, 0.6) is 0 Å². The summed E-state index contributed by atoms with van der Waals surface area (Å²) in [7, 11) is 0. The van der Waals surface area contributed by atoms with Gasteiger partial charge in [0.05, 0.1) is 46.2 Å². The molecule has 0 aliphatic carbocycles. The second-order valence-electron chi connectivity index (χ2n) is 7.09. The minimum Gasteiger partial charge on any atom is -0.387 e. The number of aliphatic hydroxyl groups is 4. The topological polar surface area (TPSA) is 262 Å². The molecule has 4 atom stereocenters. The summed E-state index contributed by atoms with van der Waals surface area (Å²) in [6.45, 7) is 2.11.